The zero-order chi connectivity index (χ0) is 42.8. The molecular weight excluding hydrogens is 727 g/mol. The quantitative estimate of drug-likeness (QED) is 0.0283. The Labute approximate surface area is 356 Å². The van der Waals surface area contributed by atoms with Crippen LogP contribution < -0.4 is 0 Å². The lowest BCUT2D eigenvalue weighted by Gasteiger charge is -2.31. The maximum Gasteiger partial charge on any atom is 0.362 e. The molecule has 336 valence electrons. The number of rotatable bonds is 42. The van der Waals surface area contributed by atoms with E-state index >= 15 is 0 Å². The second kappa shape index (κ2) is 41.0. The smallest absolute Gasteiger partial charge is 0.362 e. The standard InChI is InChI=1S/C50H89NO7/c1-6-8-10-12-14-16-18-20-22-24-26-28-30-32-34-36-38-40-48(52)57-45-46(44-56-43-42-47(50(54)55)51(3,4)5)58-49(53)41-39-37-35-33-31-29-27-25-23-21-19-17-15-13-11-9-7-2/h15,17,21,23,27,29,33,35,46-47H,6-14,16,18-20,22,24-26,28,30-32,34,36-45H2,1-5H3/p+1/b17-15+,23-21+,29-27+,35-33+. The average Bonchev–Trinajstić information content (AvgIpc) is 3.18. The number of aliphatic carboxylic acids is 1. The van der Waals surface area contributed by atoms with Crippen molar-refractivity contribution >= 4 is 17.9 Å². The van der Waals surface area contributed by atoms with E-state index in [0.717, 1.165) is 44.9 Å². The molecule has 2 unspecified atom stereocenters. The van der Waals surface area contributed by atoms with Gasteiger partial charge in [-0.2, -0.15) is 0 Å². The molecule has 0 aliphatic carbocycles. The number of esters is 2. The molecule has 0 rings (SSSR count). The van der Waals surface area contributed by atoms with Crippen molar-refractivity contribution in [3.8, 4) is 0 Å². The summed E-state index contributed by atoms with van der Waals surface area (Å²) in [6.07, 6.45) is 48.7. The average molecular weight is 817 g/mol. The highest BCUT2D eigenvalue weighted by Crippen LogP contribution is 2.15. The van der Waals surface area contributed by atoms with Crippen LogP contribution in [0.25, 0.3) is 0 Å². The van der Waals surface area contributed by atoms with Crippen molar-refractivity contribution in [1.29, 1.82) is 0 Å². The fourth-order valence-corrected chi connectivity index (χ4v) is 6.79. The molecule has 0 aromatic carbocycles. The number of quaternary nitrogens is 1. The van der Waals surface area contributed by atoms with Crippen LogP contribution in [-0.4, -0.2) is 80.6 Å². The van der Waals surface area contributed by atoms with Crippen LogP contribution in [0.1, 0.15) is 200 Å². The highest BCUT2D eigenvalue weighted by Gasteiger charge is 2.31. The summed E-state index contributed by atoms with van der Waals surface area (Å²) in [5.41, 5.74) is 0. The Morgan fingerprint density at radius 1 is 0.517 bits per heavy atom. The van der Waals surface area contributed by atoms with E-state index in [-0.39, 0.29) is 42.7 Å². The topological polar surface area (TPSA) is 99.1 Å². The van der Waals surface area contributed by atoms with E-state index in [0.29, 0.717) is 19.3 Å². The van der Waals surface area contributed by atoms with E-state index in [1.54, 1.807) is 0 Å². The molecule has 0 aliphatic heterocycles. The summed E-state index contributed by atoms with van der Waals surface area (Å²) in [6, 6.07) is -0.624. The lowest BCUT2D eigenvalue weighted by Crippen LogP contribution is -2.50. The molecule has 0 fully saturated rings. The molecule has 8 heteroatoms. The highest BCUT2D eigenvalue weighted by atomic mass is 16.6. The number of ether oxygens (including phenoxy) is 3. The van der Waals surface area contributed by atoms with Gasteiger partial charge in [0.05, 0.1) is 34.4 Å². The lowest BCUT2D eigenvalue weighted by molar-refractivity contribution is -0.887. The zero-order valence-corrected chi connectivity index (χ0v) is 38.2. The monoisotopic (exact) mass is 817 g/mol. The first kappa shape index (κ1) is 55.3. The van der Waals surface area contributed by atoms with Gasteiger partial charge in [-0.05, 0) is 51.4 Å². The van der Waals surface area contributed by atoms with Gasteiger partial charge in [-0.15, -0.1) is 0 Å². The van der Waals surface area contributed by atoms with Crippen LogP contribution in [0, 0.1) is 0 Å². The summed E-state index contributed by atoms with van der Waals surface area (Å²) >= 11 is 0. The third kappa shape index (κ3) is 38.8. The van der Waals surface area contributed by atoms with E-state index in [4.69, 9.17) is 14.2 Å². The van der Waals surface area contributed by atoms with Crippen LogP contribution in [-0.2, 0) is 28.6 Å². The van der Waals surface area contributed by atoms with Gasteiger partial charge in [0.25, 0.3) is 0 Å². The van der Waals surface area contributed by atoms with E-state index in [2.05, 4.69) is 62.5 Å². The molecule has 1 N–H and O–H groups in total. The number of allylic oxidation sites excluding steroid dienone is 8. The van der Waals surface area contributed by atoms with E-state index in [9.17, 15) is 19.5 Å². The summed E-state index contributed by atoms with van der Waals surface area (Å²) < 4.78 is 17.3. The number of hydrogen-bond acceptors (Lipinski definition) is 6. The Balaban J connectivity index is 4.38. The number of hydrogen-bond donors (Lipinski definition) is 1. The summed E-state index contributed by atoms with van der Waals surface area (Å²) in [5, 5.41) is 9.63. The Morgan fingerprint density at radius 2 is 0.931 bits per heavy atom. The molecule has 0 spiro atoms. The van der Waals surface area contributed by atoms with Crippen molar-refractivity contribution in [2.75, 3.05) is 41.0 Å². The molecule has 0 saturated heterocycles. The Morgan fingerprint density at radius 3 is 1.40 bits per heavy atom. The van der Waals surface area contributed by atoms with Crippen molar-refractivity contribution in [3.05, 3.63) is 48.6 Å². The first-order chi connectivity index (χ1) is 28.1. The minimum atomic E-state index is -0.883. The minimum Gasteiger partial charge on any atom is -0.477 e. The summed E-state index contributed by atoms with van der Waals surface area (Å²) in [4.78, 5) is 37.0. The fraction of sp³-hybridized carbons (Fsp3) is 0.780. The predicted molar refractivity (Wildman–Crippen MR) is 243 cm³/mol. The summed E-state index contributed by atoms with van der Waals surface area (Å²) in [5.74, 6) is -1.53. The summed E-state index contributed by atoms with van der Waals surface area (Å²) in [6.45, 7) is 4.66. The minimum absolute atomic E-state index is 0.0405. The maximum atomic E-state index is 12.7. The molecule has 8 nitrogen and oxygen atoms in total. The van der Waals surface area contributed by atoms with Gasteiger partial charge in [-0.3, -0.25) is 9.59 Å². The lowest BCUT2D eigenvalue weighted by atomic mass is 10.0. The van der Waals surface area contributed by atoms with Gasteiger partial charge in [0.2, 0.25) is 0 Å². The maximum absolute atomic E-state index is 12.7. The van der Waals surface area contributed by atoms with Gasteiger partial charge in [-0.1, -0.05) is 178 Å². The number of unbranched alkanes of at least 4 members (excludes halogenated alkanes) is 20. The van der Waals surface area contributed by atoms with E-state index in [1.807, 2.05) is 21.1 Å². The number of nitrogens with zero attached hydrogens (tertiary/aromatic N) is 1. The first-order valence-corrected chi connectivity index (χ1v) is 23.7. The second-order valence-corrected chi connectivity index (χ2v) is 17.0. The van der Waals surface area contributed by atoms with E-state index in [1.165, 1.54) is 116 Å². The Hall–Kier alpha value is -2.71. The highest BCUT2D eigenvalue weighted by molar-refractivity contribution is 5.72. The van der Waals surface area contributed by atoms with Crippen LogP contribution in [0.5, 0.6) is 0 Å². The molecule has 0 aromatic heterocycles. The largest absolute Gasteiger partial charge is 0.477 e. The number of carboxylic acids is 1. The van der Waals surface area contributed by atoms with Crippen molar-refractivity contribution in [2.24, 2.45) is 0 Å². The molecule has 0 aliphatic rings. The molecule has 2 atom stereocenters. The second-order valence-electron chi connectivity index (χ2n) is 17.0. The molecule has 0 radical (unpaired) electrons. The van der Waals surface area contributed by atoms with Crippen molar-refractivity contribution < 1.29 is 38.2 Å². The number of likely N-dealkylation sites (N-methyl/N-ethyl adjacent to an activating group) is 1. The van der Waals surface area contributed by atoms with E-state index < -0.39 is 18.1 Å². The van der Waals surface area contributed by atoms with Crippen LogP contribution in [0.4, 0.5) is 0 Å². The number of carbonyl (C=O) groups excluding carboxylic acids is 2. The normalized spacial score (nSPS) is 13.3. The molecule has 0 bridgehead atoms. The van der Waals surface area contributed by atoms with Gasteiger partial charge in [0, 0.05) is 19.3 Å². The third-order valence-corrected chi connectivity index (χ3v) is 10.5. The fourth-order valence-electron chi connectivity index (χ4n) is 6.79. The molecule has 0 aromatic rings. The van der Waals surface area contributed by atoms with Crippen LogP contribution in [0.2, 0.25) is 0 Å². The number of carboxylic acid groups (broad SMARTS) is 1. The van der Waals surface area contributed by atoms with Crippen LogP contribution >= 0.6 is 0 Å². The van der Waals surface area contributed by atoms with Gasteiger partial charge < -0.3 is 23.8 Å². The predicted octanol–water partition coefficient (Wildman–Crippen LogP) is 13.2. The first-order valence-electron chi connectivity index (χ1n) is 23.7. The molecule has 0 saturated carbocycles. The molecular formula is C50H90NO7+. The molecule has 58 heavy (non-hydrogen) atoms. The van der Waals surface area contributed by atoms with Crippen molar-refractivity contribution in [1.82, 2.24) is 0 Å². The Kier molecular flexibility index (Phi) is 39.1. The van der Waals surface area contributed by atoms with Gasteiger partial charge in [0.15, 0.2) is 12.1 Å². The molecule has 0 amide bonds. The van der Waals surface area contributed by atoms with Gasteiger partial charge in [0.1, 0.15) is 6.61 Å². The van der Waals surface area contributed by atoms with Crippen LogP contribution in [0.15, 0.2) is 48.6 Å². The Bertz CT molecular complexity index is 1090. The number of carbonyl (C=O) groups is 3. The molecule has 0 heterocycles. The van der Waals surface area contributed by atoms with Gasteiger partial charge in [-0.25, -0.2) is 4.79 Å². The SMILES string of the molecule is CCCCC/C=C/C/C=C/C/C=C/C/C=C/CCCC(=O)OC(COCCC(C(=O)O)[N+](C)(C)C)COC(=O)CCCCCCCCCCCCCCCCCCC. The van der Waals surface area contributed by atoms with Crippen molar-refractivity contribution in [2.45, 2.75) is 212 Å². The van der Waals surface area contributed by atoms with Gasteiger partial charge >= 0.3 is 17.9 Å². The van der Waals surface area contributed by atoms with Crippen LogP contribution in [0.3, 0.4) is 0 Å². The summed E-state index contributed by atoms with van der Waals surface area (Å²) in [7, 11) is 5.51. The van der Waals surface area contributed by atoms with Crippen molar-refractivity contribution in [3.63, 3.8) is 0 Å². The third-order valence-electron chi connectivity index (χ3n) is 10.5. The zero-order valence-electron chi connectivity index (χ0n) is 38.2.